The molecule has 1 heterocycles. The molecule has 0 spiro atoms. The van der Waals surface area contributed by atoms with E-state index in [1.54, 1.807) is 6.92 Å². The lowest BCUT2D eigenvalue weighted by molar-refractivity contribution is -0.143. The molecule has 0 aliphatic carbocycles. The summed E-state index contributed by atoms with van der Waals surface area (Å²) in [4.78, 5) is 13.1. The van der Waals surface area contributed by atoms with Gasteiger partial charge in [-0.15, -0.1) is 0 Å². The summed E-state index contributed by atoms with van der Waals surface area (Å²) in [5, 5.41) is 8.90. The maximum absolute atomic E-state index is 10.8. The summed E-state index contributed by atoms with van der Waals surface area (Å²) in [6, 6.07) is 0. The first-order chi connectivity index (χ1) is 7.45. The molecule has 94 valence electrons. The molecule has 1 aliphatic heterocycles. The first-order valence-electron chi connectivity index (χ1n) is 5.82. The predicted octanol–water partition coefficient (Wildman–Crippen LogP) is 0.289. The number of nitrogens with zero attached hydrogens (tertiary/aromatic N) is 1. The molecule has 1 fully saturated rings. The van der Waals surface area contributed by atoms with E-state index in [-0.39, 0.29) is 6.10 Å². The summed E-state index contributed by atoms with van der Waals surface area (Å²) in [5.41, 5.74) is 4.56. The number of morpholine rings is 1. The van der Waals surface area contributed by atoms with E-state index in [1.807, 2.05) is 0 Å². The summed E-state index contributed by atoms with van der Waals surface area (Å²) in [6.07, 6.45) is 1.75. The van der Waals surface area contributed by atoms with E-state index in [1.165, 1.54) is 0 Å². The Balaban J connectivity index is 2.35. The van der Waals surface area contributed by atoms with Gasteiger partial charge in [-0.25, -0.2) is 0 Å². The molecule has 0 bridgehead atoms. The van der Waals surface area contributed by atoms with Gasteiger partial charge in [0, 0.05) is 19.6 Å². The zero-order valence-corrected chi connectivity index (χ0v) is 10.1. The highest BCUT2D eigenvalue weighted by molar-refractivity contribution is 5.77. The Morgan fingerprint density at radius 1 is 1.69 bits per heavy atom. The lowest BCUT2D eigenvalue weighted by Crippen LogP contribution is -2.49. The van der Waals surface area contributed by atoms with Crippen molar-refractivity contribution < 1.29 is 14.6 Å². The van der Waals surface area contributed by atoms with Crippen LogP contribution >= 0.6 is 0 Å². The van der Waals surface area contributed by atoms with Gasteiger partial charge in [0.2, 0.25) is 0 Å². The summed E-state index contributed by atoms with van der Waals surface area (Å²) in [7, 11) is 0. The van der Waals surface area contributed by atoms with E-state index in [4.69, 9.17) is 15.6 Å². The van der Waals surface area contributed by atoms with Crippen LogP contribution in [0, 0.1) is 0 Å². The van der Waals surface area contributed by atoms with Gasteiger partial charge in [0.15, 0.2) is 0 Å². The number of carbonyl (C=O) groups is 1. The van der Waals surface area contributed by atoms with Crippen molar-refractivity contribution in [3.8, 4) is 0 Å². The Kier molecular flexibility index (Phi) is 4.70. The fraction of sp³-hybridized carbons (Fsp3) is 0.909. The van der Waals surface area contributed by atoms with Crippen LogP contribution in [-0.2, 0) is 9.53 Å². The van der Waals surface area contributed by atoms with Gasteiger partial charge in [-0.2, -0.15) is 0 Å². The van der Waals surface area contributed by atoms with Gasteiger partial charge in [0.05, 0.1) is 12.7 Å². The monoisotopic (exact) mass is 230 g/mol. The van der Waals surface area contributed by atoms with Crippen LogP contribution < -0.4 is 5.73 Å². The van der Waals surface area contributed by atoms with Gasteiger partial charge in [-0.3, -0.25) is 9.69 Å². The van der Waals surface area contributed by atoms with E-state index in [0.717, 1.165) is 32.7 Å². The standard InChI is InChI=1S/C11H22N2O3/c1-3-9-8-13(6-7-16-9)5-4-11(2,12)10(14)15/h9H,3-8,12H2,1-2H3,(H,14,15). The minimum absolute atomic E-state index is 0.280. The molecule has 0 aromatic rings. The number of rotatable bonds is 5. The van der Waals surface area contributed by atoms with Crippen molar-refractivity contribution in [2.45, 2.75) is 38.3 Å². The fourth-order valence-corrected chi connectivity index (χ4v) is 1.73. The maximum atomic E-state index is 10.8. The molecule has 0 aromatic carbocycles. The highest BCUT2D eigenvalue weighted by Crippen LogP contribution is 2.12. The molecule has 0 radical (unpaired) electrons. The second-order valence-electron chi connectivity index (χ2n) is 4.67. The molecule has 16 heavy (non-hydrogen) atoms. The second kappa shape index (κ2) is 5.61. The maximum Gasteiger partial charge on any atom is 0.323 e. The van der Waals surface area contributed by atoms with Gasteiger partial charge in [-0.1, -0.05) is 6.92 Å². The molecular weight excluding hydrogens is 208 g/mol. The molecule has 1 saturated heterocycles. The fourth-order valence-electron chi connectivity index (χ4n) is 1.73. The number of nitrogens with two attached hydrogens (primary N) is 1. The molecule has 1 aliphatic rings. The molecule has 2 atom stereocenters. The normalized spacial score (nSPS) is 26.3. The Morgan fingerprint density at radius 3 is 2.94 bits per heavy atom. The summed E-state index contributed by atoms with van der Waals surface area (Å²) in [6.45, 7) is 6.86. The zero-order chi connectivity index (χ0) is 12.2. The average molecular weight is 230 g/mol. The minimum atomic E-state index is -1.12. The smallest absolute Gasteiger partial charge is 0.323 e. The van der Waals surface area contributed by atoms with Crippen molar-refractivity contribution in [3.63, 3.8) is 0 Å². The molecule has 5 nitrogen and oxygen atoms in total. The average Bonchev–Trinajstić information content (AvgIpc) is 2.26. The largest absolute Gasteiger partial charge is 0.480 e. The van der Waals surface area contributed by atoms with Crippen LogP contribution in [0.25, 0.3) is 0 Å². The first kappa shape index (κ1) is 13.4. The molecule has 0 saturated carbocycles. The number of carboxylic acids is 1. The Hall–Kier alpha value is -0.650. The Labute approximate surface area is 96.6 Å². The molecule has 0 amide bonds. The van der Waals surface area contributed by atoms with Gasteiger partial charge >= 0.3 is 5.97 Å². The number of carboxylic acid groups (broad SMARTS) is 1. The van der Waals surface area contributed by atoms with Crippen LogP contribution in [0.3, 0.4) is 0 Å². The molecule has 1 rings (SSSR count). The van der Waals surface area contributed by atoms with Crippen LogP contribution in [0.5, 0.6) is 0 Å². The lowest BCUT2D eigenvalue weighted by Gasteiger charge is -2.33. The summed E-state index contributed by atoms with van der Waals surface area (Å²) >= 11 is 0. The highest BCUT2D eigenvalue weighted by Gasteiger charge is 2.29. The molecule has 2 unspecified atom stereocenters. The summed E-state index contributed by atoms with van der Waals surface area (Å²) < 4.78 is 5.55. The van der Waals surface area contributed by atoms with Gasteiger partial charge in [0.1, 0.15) is 5.54 Å². The van der Waals surface area contributed by atoms with Crippen LogP contribution in [0.2, 0.25) is 0 Å². The van der Waals surface area contributed by atoms with E-state index in [0.29, 0.717) is 6.42 Å². The Bertz CT molecular complexity index is 243. The molecule has 0 aromatic heterocycles. The van der Waals surface area contributed by atoms with Crippen molar-refractivity contribution in [3.05, 3.63) is 0 Å². The third-order valence-corrected chi connectivity index (χ3v) is 3.11. The molecule has 3 N–H and O–H groups in total. The predicted molar refractivity (Wildman–Crippen MR) is 61.3 cm³/mol. The Morgan fingerprint density at radius 2 is 2.38 bits per heavy atom. The van der Waals surface area contributed by atoms with E-state index < -0.39 is 11.5 Å². The SMILES string of the molecule is CCC1CN(CCC(C)(N)C(=O)O)CCO1. The quantitative estimate of drug-likeness (QED) is 0.710. The van der Waals surface area contributed by atoms with Crippen molar-refractivity contribution >= 4 is 5.97 Å². The number of aliphatic carboxylic acids is 1. The van der Waals surface area contributed by atoms with Crippen molar-refractivity contribution in [1.82, 2.24) is 4.90 Å². The number of hydrogen-bond donors (Lipinski definition) is 2. The van der Waals surface area contributed by atoms with Crippen LogP contribution in [0.4, 0.5) is 0 Å². The van der Waals surface area contributed by atoms with Gasteiger partial charge in [0.25, 0.3) is 0 Å². The van der Waals surface area contributed by atoms with Gasteiger partial charge in [-0.05, 0) is 19.8 Å². The lowest BCUT2D eigenvalue weighted by atomic mass is 9.99. The second-order valence-corrected chi connectivity index (χ2v) is 4.67. The molecular formula is C11H22N2O3. The van der Waals surface area contributed by atoms with Crippen LogP contribution in [-0.4, -0.2) is 53.9 Å². The summed E-state index contributed by atoms with van der Waals surface area (Å²) in [5.74, 6) is -0.937. The van der Waals surface area contributed by atoms with Crippen LogP contribution in [0.15, 0.2) is 0 Å². The van der Waals surface area contributed by atoms with Gasteiger partial charge < -0.3 is 15.6 Å². The van der Waals surface area contributed by atoms with E-state index in [9.17, 15) is 4.79 Å². The molecule has 5 heteroatoms. The van der Waals surface area contributed by atoms with Crippen molar-refractivity contribution in [2.75, 3.05) is 26.2 Å². The zero-order valence-electron chi connectivity index (χ0n) is 10.1. The number of hydrogen-bond acceptors (Lipinski definition) is 4. The number of ether oxygens (including phenoxy) is 1. The van der Waals surface area contributed by atoms with E-state index in [2.05, 4.69) is 11.8 Å². The van der Waals surface area contributed by atoms with Crippen LogP contribution in [0.1, 0.15) is 26.7 Å². The third-order valence-electron chi connectivity index (χ3n) is 3.11. The van der Waals surface area contributed by atoms with E-state index >= 15 is 0 Å². The van der Waals surface area contributed by atoms with Crippen molar-refractivity contribution in [1.29, 1.82) is 0 Å². The highest BCUT2D eigenvalue weighted by atomic mass is 16.5. The topological polar surface area (TPSA) is 75.8 Å². The first-order valence-corrected chi connectivity index (χ1v) is 5.82. The third kappa shape index (κ3) is 3.73. The van der Waals surface area contributed by atoms with Crippen molar-refractivity contribution in [2.24, 2.45) is 5.73 Å². The minimum Gasteiger partial charge on any atom is -0.480 e.